The number of aromatic amines is 1. The van der Waals surface area contributed by atoms with Crippen LogP contribution >= 0.6 is 0 Å². The number of carbonyl (C=O) groups excluding carboxylic acids is 3. The smallest absolute Gasteiger partial charge is 0.303 e. The summed E-state index contributed by atoms with van der Waals surface area (Å²) >= 11 is 0. The van der Waals surface area contributed by atoms with Gasteiger partial charge in [0.1, 0.15) is 19.3 Å². The fourth-order valence-electron chi connectivity index (χ4n) is 3.35. The lowest BCUT2D eigenvalue weighted by atomic mass is 10.1. The number of ether oxygens (including phenoxy) is 5. The minimum absolute atomic E-state index is 0.00586. The Labute approximate surface area is 186 Å². The summed E-state index contributed by atoms with van der Waals surface area (Å²) in [7, 11) is 0. The Morgan fingerprint density at radius 1 is 1.15 bits per heavy atom. The fourth-order valence-corrected chi connectivity index (χ4v) is 3.35. The summed E-state index contributed by atoms with van der Waals surface area (Å²) in [4.78, 5) is 58.0. The number of fused-ring (bicyclic) bond motifs is 1. The number of hydrogen-bond acceptors (Lipinski definition) is 12. The molecule has 0 aliphatic carbocycles. The fraction of sp³-hybridized carbons (Fsp3) is 0.474. The molecule has 0 aromatic carbocycles. The molecule has 1 fully saturated rings. The van der Waals surface area contributed by atoms with E-state index in [1.165, 1.54) is 17.6 Å². The third-order valence-electron chi connectivity index (χ3n) is 4.46. The zero-order chi connectivity index (χ0) is 24.3. The number of nitrogens with one attached hydrogen (secondary N) is 1. The van der Waals surface area contributed by atoms with E-state index in [0.29, 0.717) is 0 Å². The van der Waals surface area contributed by atoms with Crippen molar-refractivity contribution in [3.63, 3.8) is 0 Å². The molecule has 1 saturated heterocycles. The molecule has 14 heteroatoms. The number of esters is 3. The normalized spacial score (nSPS) is 22.0. The van der Waals surface area contributed by atoms with Crippen LogP contribution in [0.4, 0.5) is 5.95 Å². The minimum atomic E-state index is -1.24. The standard InChI is InChI=1S/C19H23N5O9/c1-5-6-29-19-21-12-15(22-18(20)23-16(12)28)24(19)17-14(32-10(4)27)13(31-9(3)26)11(33-17)7-30-8(2)25/h5,11,13-14,17H,1,6-7H2,2-4H3,(H3,20,22,23,28)/t11-,13-,14-,17-/m1/s1. The van der Waals surface area contributed by atoms with E-state index in [4.69, 9.17) is 29.4 Å². The maximum Gasteiger partial charge on any atom is 0.303 e. The molecular weight excluding hydrogens is 442 g/mol. The van der Waals surface area contributed by atoms with Gasteiger partial charge < -0.3 is 29.4 Å². The molecule has 0 amide bonds. The van der Waals surface area contributed by atoms with Crippen LogP contribution in [0.5, 0.6) is 6.01 Å². The summed E-state index contributed by atoms with van der Waals surface area (Å²) in [6.07, 6.45) is -3.23. The number of imidazole rings is 1. The number of rotatable bonds is 8. The lowest BCUT2D eigenvalue weighted by Crippen LogP contribution is -2.40. The Hall–Kier alpha value is -3.94. The first-order valence-electron chi connectivity index (χ1n) is 9.77. The number of hydrogen-bond donors (Lipinski definition) is 2. The molecule has 0 spiro atoms. The Bertz CT molecular complexity index is 1140. The average molecular weight is 465 g/mol. The quantitative estimate of drug-likeness (QED) is 0.292. The number of anilines is 1. The summed E-state index contributed by atoms with van der Waals surface area (Å²) in [6, 6.07) is -0.120. The van der Waals surface area contributed by atoms with Crippen molar-refractivity contribution in [2.45, 2.75) is 45.3 Å². The molecule has 1 aliphatic rings. The number of nitrogens with zero attached hydrogens (tertiary/aromatic N) is 3. The van der Waals surface area contributed by atoms with Crippen molar-refractivity contribution in [1.29, 1.82) is 0 Å². The van der Waals surface area contributed by atoms with E-state index in [0.717, 1.165) is 13.8 Å². The van der Waals surface area contributed by atoms with Crippen LogP contribution in [0.2, 0.25) is 0 Å². The minimum Gasteiger partial charge on any atom is -0.463 e. The largest absolute Gasteiger partial charge is 0.463 e. The highest BCUT2D eigenvalue weighted by molar-refractivity contribution is 5.73. The van der Waals surface area contributed by atoms with Gasteiger partial charge in [-0.25, -0.2) is 4.57 Å². The van der Waals surface area contributed by atoms with Crippen LogP contribution in [-0.2, 0) is 33.3 Å². The predicted molar refractivity (Wildman–Crippen MR) is 110 cm³/mol. The highest BCUT2D eigenvalue weighted by Gasteiger charge is 2.52. The van der Waals surface area contributed by atoms with Crippen LogP contribution in [0.15, 0.2) is 17.4 Å². The van der Waals surface area contributed by atoms with Crippen LogP contribution < -0.4 is 16.0 Å². The topological polar surface area (TPSA) is 187 Å². The van der Waals surface area contributed by atoms with Gasteiger partial charge in [-0.15, -0.1) is 0 Å². The van der Waals surface area contributed by atoms with E-state index in [2.05, 4.69) is 21.5 Å². The van der Waals surface area contributed by atoms with Gasteiger partial charge in [0.05, 0.1) is 0 Å². The number of nitrogens with two attached hydrogens (primary N) is 1. The van der Waals surface area contributed by atoms with Gasteiger partial charge in [-0.3, -0.25) is 24.2 Å². The van der Waals surface area contributed by atoms with Gasteiger partial charge in [0.25, 0.3) is 5.56 Å². The number of nitrogen functional groups attached to an aromatic ring is 1. The van der Waals surface area contributed by atoms with Crippen LogP contribution in [0.1, 0.15) is 27.0 Å². The second kappa shape index (κ2) is 9.68. The molecule has 3 N–H and O–H groups in total. The number of aromatic nitrogens is 4. The van der Waals surface area contributed by atoms with Gasteiger partial charge in [0, 0.05) is 20.8 Å². The van der Waals surface area contributed by atoms with E-state index in [1.54, 1.807) is 0 Å². The predicted octanol–water partition coefficient (Wildman–Crippen LogP) is -0.409. The molecule has 2 aromatic rings. The molecule has 178 valence electrons. The lowest BCUT2D eigenvalue weighted by Gasteiger charge is -2.24. The van der Waals surface area contributed by atoms with E-state index in [-0.39, 0.29) is 36.3 Å². The molecule has 0 saturated carbocycles. The van der Waals surface area contributed by atoms with Gasteiger partial charge in [0.15, 0.2) is 29.6 Å². The summed E-state index contributed by atoms with van der Waals surface area (Å²) < 4.78 is 28.6. The van der Waals surface area contributed by atoms with Crippen molar-refractivity contribution in [2.75, 3.05) is 18.9 Å². The Balaban J connectivity index is 2.17. The zero-order valence-corrected chi connectivity index (χ0v) is 18.1. The molecule has 0 bridgehead atoms. The van der Waals surface area contributed by atoms with Crippen molar-refractivity contribution < 1.29 is 38.1 Å². The summed E-state index contributed by atoms with van der Waals surface area (Å²) in [5.74, 6) is -2.20. The van der Waals surface area contributed by atoms with Crippen molar-refractivity contribution in [3.8, 4) is 6.01 Å². The van der Waals surface area contributed by atoms with Gasteiger partial charge in [-0.1, -0.05) is 12.7 Å². The molecule has 14 nitrogen and oxygen atoms in total. The first kappa shape index (κ1) is 23.7. The van der Waals surface area contributed by atoms with Gasteiger partial charge in [-0.05, 0) is 0 Å². The number of carbonyl (C=O) groups is 3. The van der Waals surface area contributed by atoms with Crippen molar-refractivity contribution in [2.24, 2.45) is 0 Å². The third-order valence-corrected chi connectivity index (χ3v) is 4.46. The Kier molecular flexibility index (Phi) is 6.96. The first-order chi connectivity index (χ1) is 15.6. The van der Waals surface area contributed by atoms with E-state index >= 15 is 0 Å². The van der Waals surface area contributed by atoms with E-state index < -0.39 is 48.0 Å². The zero-order valence-electron chi connectivity index (χ0n) is 18.1. The summed E-state index contributed by atoms with van der Waals surface area (Å²) in [6.45, 7) is 6.77. The van der Waals surface area contributed by atoms with Crippen molar-refractivity contribution >= 4 is 35.0 Å². The maximum atomic E-state index is 12.4. The average Bonchev–Trinajstić information content (AvgIpc) is 3.22. The van der Waals surface area contributed by atoms with Gasteiger partial charge in [-0.2, -0.15) is 9.97 Å². The molecule has 0 unspecified atom stereocenters. The SMILES string of the molecule is C=CCOc1nc2c(=O)[nH]c(N)nc2n1[C@@H]1O[C@H](COC(C)=O)[C@@H](OC(C)=O)[C@H]1OC(C)=O. The summed E-state index contributed by atoms with van der Waals surface area (Å²) in [5.41, 5.74) is 4.90. The molecule has 4 atom stereocenters. The molecule has 1 aliphatic heterocycles. The van der Waals surface area contributed by atoms with Crippen LogP contribution in [-0.4, -0.2) is 69.0 Å². The Morgan fingerprint density at radius 2 is 1.82 bits per heavy atom. The van der Waals surface area contributed by atoms with Crippen LogP contribution in [0.25, 0.3) is 11.2 Å². The maximum absolute atomic E-state index is 12.4. The monoisotopic (exact) mass is 465 g/mol. The summed E-state index contributed by atoms with van der Waals surface area (Å²) in [5, 5.41) is 0. The third kappa shape index (κ3) is 5.11. The van der Waals surface area contributed by atoms with E-state index in [1.807, 2.05) is 0 Å². The molecule has 33 heavy (non-hydrogen) atoms. The second-order valence-electron chi connectivity index (χ2n) is 7.00. The molecular formula is C19H23N5O9. The van der Waals surface area contributed by atoms with Crippen molar-refractivity contribution in [1.82, 2.24) is 19.5 Å². The molecule has 3 heterocycles. The van der Waals surface area contributed by atoms with Gasteiger partial charge >= 0.3 is 23.9 Å². The molecule has 3 rings (SSSR count). The Morgan fingerprint density at radius 3 is 2.42 bits per heavy atom. The highest BCUT2D eigenvalue weighted by atomic mass is 16.7. The highest BCUT2D eigenvalue weighted by Crippen LogP contribution is 2.38. The van der Waals surface area contributed by atoms with Crippen LogP contribution in [0, 0.1) is 0 Å². The van der Waals surface area contributed by atoms with Gasteiger partial charge in [0.2, 0.25) is 5.95 Å². The molecule has 0 radical (unpaired) electrons. The van der Waals surface area contributed by atoms with Crippen LogP contribution in [0.3, 0.4) is 0 Å². The number of H-pyrrole nitrogens is 1. The molecule has 2 aromatic heterocycles. The second-order valence-corrected chi connectivity index (χ2v) is 7.00. The first-order valence-corrected chi connectivity index (χ1v) is 9.77. The van der Waals surface area contributed by atoms with Crippen molar-refractivity contribution in [3.05, 3.63) is 23.0 Å². The lowest BCUT2D eigenvalue weighted by molar-refractivity contribution is -0.166. The van der Waals surface area contributed by atoms with E-state index in [9.17, 15) is 19.2 Å².